The molecule has 0 radical (unpaired) electrons. The summed E-state index contributed by atoms with van der Waals surface area (Å²) in [5, 5.41) is 9.24. The van der Waals surface area contributed by atoms with E-state index in [-0.39, 0.29) is 0 Å². The van der Waals surface area contributed by atoms with Gasteiger partial charge in [-0.05, 0) is 84.9 Å². The fourth-order valence-corrected chi connectivity index (χ4v) is 8.00. The topological polar surface area (TPSA) is 51.8 Å². The molecule has 256 valence electrons. The van der Waals surface area contributed by atoms with E-state index in [1.165, 1.54) is 38.1 Å². The van der Waals surface area contributed by atoms with Crippen LogP contribution in [0.25, 0.3) is 111 Å². The number of rotatable bonds is 5. The Labute approximate surface area is 317 Å². The number of aromatic nitrogens is 3. The average molecular weight is 702 g/mol. The second-order valence-electron chi connectivity index (χ2n) is 14.0. The Bertz CT molecular complexity index is 3260. The molecule has 4 heteroatoms. The highest BCUT2D eigenvalue weighted by Crippen LogP contribution is 2.39. The van der Waals surface area contributed by atoms with E-state index in [2.05, 4.69) is 140 Å². The van der Waals surface area contributed by atoms with Gasteiger partial charge in [-0.25, -0.2) is 15.0 Å². The molecule has 0 bridgehead atoms. The Kier molecular flexibility index (Phi) is 7.14. The Hall–Kier alpha value is -7.43. The first-order chi connectivity index (χ1) is 27.2. The van der Waals surface area contributed by atoms with Crippen molar-refractivity contribution >= 4 is 54.3 Å². The average Bonchev–Trinajstić information content (AvgIpc) is 3.65. The molecule has 11 rings (SSSR count). The summed E-state index contributed by atoms with van der Waals surface area (Å²) < 4.78 is 6.57. The van der Waals surface area contributed by atoms with Crippen molar-refractivity contribution in [2.75, 3.05) is 0 Å². The zero-order valence-corrected chi connectivity index (χ0v) is 29.6. The van der Waals surface area contributed by atoms with Crippen LogP contribution in [0.4, 0.5) is 0 Å². The first kappa shape index (κ1) is 31.1. The highest BCUT2D eigenvalue weighted by Gasteiger charge is 2.19. The maximum absolute atomic E-state index is 6.57. The van der Waals surface area contributed by atoms with E-state index in [0.717, 1.165) is 55.1 Å². The van der Waals surface area contributed by atoms with E-state index in [1.807, 2.05) is 48.5 Å². The zero-order valence-electron chi connectivity index (χ0n) is 29.6. The minimum Gasteiger partial charge on any atom is -0.456 e. The van der Waals surface area contributed by atoms with Crippen LogP contribution in [0.15, 0.2) is 192 Å². The van der Waals surface area contributed by atoms with Crippen LogP contribution in [0.2, 0.25) is 0 Å². The highest BCUT2D eigenvalue weighted by molar-refractivity contribution is 6.18. The van der Waals surface area contributed by atoms with Crippen molar-refractivity contribution in [3.8, 4) is 56.4 Å². The molecule has 4 nitrogen and oxygen atoms in total. The lowest BCUT2D eigenvalue weighted by atomic mass is 9.96. The highest BCUT2D eigenvalue weighted by atomic mass is 16.3. The van der Waals surface area contributed by atoms with E-state index in [0.29, 0.717) is 17.5 Å². The predicted octanol–water partition coefficient (Wildman–Crippen LogP) is 13.6. The summed E-state index contributed by atoms with van der Waals surface area (Å²) in [5.41, 5.74) is 8.96. The van der Waals surface area contributed by atoms with Gasteiger partial charge in [0.25, 0.3) is 0 Å². The normalized spacial score (nSPS) is 11.6. The Morgan fingerprint density at radius 1 is 0.291 bits per heavy atom. The number of furan rings is 1. The zero-order chi connectivity index (χ0) is 36.3. The first-order valence-electron chi connectivity index (χ1n) is 18.5. The molecule has 0 amide bonds. The van der Waals surface area contributed by atoms with Crippen molar-refractivity contribution in [2.45, 2.75) is 0 Å². The van der Waals surface area contributed by atoms with Crippen molar-refractivity contribution in [2.24, 2.45) is 0 Å². The summed E-state index contributed by atoms with van der Waals surface area (Å²) in [5.74, 6) is 1.84. The third kappa shape index (κ3) is 5.34. The van der Waals surface area contributed by atoms with Gasteiger partial charge in [0.05, 0.1) is 0 Å². The molecular formula is C51H31N3O. The van der Waals surface area contributed by atoms with E-state index >= 15 is 0 Å². The minimum atomic E-state index is 0.598. The molecule has 0 saturated carbocycles. The monoisotopic (exact) mass is 701 g/mol. The van der Waals surface area contributed by atoms with Gasteiger partial charge in [-0.3, -0.25) is 0 Å². The van der Waals surface area contributed by atoms with Crippen molar-refractivity contribution in [1.29, 1.82) is 0 Å². The maximum atomic E-state index is 6.57. The van der Waals surface area contributed by atoms with Gasteiger partial charge >= 0.3 is 0 Å². The molecular weight excluding hydrogens is 671 g/mol. The molecule has 0 spiro atoms. The number of nitrogens with zero attached hydrogens (tertiary/aromatic N) is 3. The quantitative estimate of drug-likeness (QED) is 0.168. The van der Waals surface area contributed by atoms with Gasteiger partial charge in [0.15, 0.2) is 17.5 Å². The molecule has 11 aromatic rings. The van der Waals surface area contributed by atoms with E-state index in [4.69, 9.17) is 19.4 Å². The maximum Gasteiger partial charge on any atom is 0.164 e. The van der Waals surface area contributed by atoms with Crippen molar-refractivity contribution in [1.82, 2.24) is 15.0 Å². The van der Waals surface area contributed by atoms with Crippen LogP contribution >= 0.6 is 0 Å². The molecule has 2 heterocycles. The molecule has 0 aliphatic rings. The van der Waals surface area contributed by atoms with Crippen LogP contribution in [0.1, 0.15) is 0 Å². The smallest absolute Gasteiger partial charge is 0.164 e. The van der Waals surface area contributed by atoms with Crippen LogP contribution in [0.3, 0.4) is 0 Å². The van der Waals surface area contributed by atoms with Crippen molar-refractivity contribution < 1.29 is 4.42 Å². The lowest BCUT2D eigenvalue weighted by Crippen LogP contribution is -2.00. The van der Waals surface area contributed by atoms with Crippen LogP contribution in [-0.4, -0.2) is 15.0 Å². The number of fused-ring (bicyclic) bond motifs is 8. The van der Waals surface area contributed by atoms with Gasteiger partial charge in [0.1, 0.15) is 11.2 Å². The van der Waals surface area contributed by atoms with E-state index in [9.17, 15) is 0 Å². The molecule has 0 saturated heterocycles. The van der Waals surface area contributed by atoms with Crippen LogP contribution in [0.5, 0.6) is 0 Å². The number of benzene rings is 9. The molecule has 0 aliphatic heterocycles. The third-order valence-electron chi connectivity index (χ3n) is 10.7. The largest absolute Gasteiger partial charge is 0.456 e. The summed E-state index contributed by atoms with van der Waals surface area (Å²) in [6.45, 7) is 0. The van der Waals surface area contributed by atoms with Gasteiger partial charge in [-0.15, -0.1) is 0 Å². The number of hydrogen-bond donors (Lipinski definition) is 0. The molecule has 55 heavy (non-hydrogen) atoms. The molecule has 0 atom stereocenters. The van der Waals surface area contributed by atoms with Gasteiger partial charge < -0.3 is 4.42 Å². The first-order valence-corrected chi connectivity index (χ1v) is 18.5. The fraction of sp³-hybridized carbons (Fsp3) is 0. The molecule has 0 aliphatic carbocycles. The molecule has 0 unspecified atom stereocenters. The molecule has 2 aromatic heterocycles. The summed E-state index contributed by atoms with van der Waals surface area (Å²) >= 11 is 0. The summed E-state index contributed by atoms with van der Waals surface area (Å²) in [7, 11) is 0. The van der Waals surface area contributed by atoms with Crippen LogP contribution in [0, 0.1) is 0 Å². The van der Waals surface area contributed by atoms with Gasteiger partial charge in [0, 0.05) is 27.5 Å². The second-order valence-corrected chi connectivity index (χ2v) is 14.0. The van der Waals surface area contributed by atoms with Crippen LogP contribution in [-0.2, 0) is 0 Å². The lowest BCUT2D eigenvalue weighted by molar-refractivity contribution is 0.669. The number of hydrogen-bond acceptors (Lipinski definition) is 4. The van der Waals surface area contributed by atoms with Crippen molar-refractivity contribution in [3.05, 3.63) is 188 Å². The fourth-order valence-electron chi connectivity index (χ4n) is 8.00. The third-order valence-corrected chi connectivity index (χ3v) is 10.7. The van der Waals surface area contributed by atoms with Gasteiger partial charge in [0.2, 0.25) is 0 Å². The molecule has 0 fully saturated rings. The molecule has 0 N–H and O–H groups in total. The van der Waals surface area contributed by atoms with Crippen molar-refractivity contribution in [3.63, 3.8) is 0 Å². The Morgan fingerprint density at radius 3 is 1.67 bits per heavy atom. The Balaban J connectivity index is 1.07. The molecule has 9 aromatic carbocycles. The van der Waals surface area contributed by atoms with Gasteiger partial charge in [-0.1, -0.05) is 158 Å². The predicted molar refractivity (Wildman–Crippen MR) is 227 cm³/mol. The lowest BCUT2D eigenvalue weighted by Gasteiger charge is -2.11. The second kappa shape index (κ2) is 12.6. The van der Waals surface area contributed by atoms with E-state index < -0.39 is 0 Å². The summed E-state index contributed by atoms with van der Waals surface area (Å²) in [6, 6.07) is 65.8. The van der Waals surface area contributed by atoms with E-state index in [1.54, 1.807) is 0 Å². The minimum absolute atomic E-state index is 0.598. The summed E-state index contributed by atoms with van der Waals surface area (Å²) in [4.78, 5) is 15.4. The SMILES string of the molecule is c1ccc(-c2cccc(-c3ccc4c(c3)oc3cccc(-c5nc(-c6ccccc6)nc(-c6ccc7ccc8c9ccccc9ccc8c7c6)n5)c34)c2)cc1. The Morgan fingerprint density at radius 2 is 0.855 bits per heavy atom. The van der Waals surface area contributed by atoms with Gasteiger partial charge in [-0.2, -0.15) is 0 Å². The van der Waals surface area contributed by atoms with Crippen LogP contribution < -0.4 is 0 Å². The standard InChI is InChI=1S/C51H31N3O/c1-3-11-32(12-4-1)36-16-9-17-37(29-36)38-25-28-43-47(31-38)55-46-20-10-19-44(48(43)46)51-53-49(35-14-5-2-6-15-35)52-50(54-51)39-22-21-34-24-26-41-40-18-8-7-13-33(40)23-27-42(41)45(34)30-39/h1-31H. The summed E-state index contributed by atoms with van der Waals surface area (Å²) in [6.07, 6.45) is 0.